The second kappa shape index (κ2) is 7.51. The van der Waals surface area contributed by atoms with Gasteiger partial charge in [0.25, 0.3) is 0 Å². The Bertz CT molecular complexity index is 1030. The molecule has 1 aliphatic heterocycles. The normalized spacial score (nSPS) is 15.6. The van der Waals surface area contributed by atoms with Crippen molar-refractivity contribution in [1.29, 1.82) is 0 Å². The lowest BCUT2D eigenvalue weighted by Gasteiger charge is -2.23. The Morgan fingerprint density at radius 3 is 2.62 bits per heavy atom. The molecule has 3 aromatic rings. The predicted octanol–water partition coefficient (Wildman–Crippen LogP) is 4.06. The third kappa shape index (κ3) is 3.71. The molecular formula is C19H21F3N6O. The minimum atomic E-state index is -4.53. The van der Waals surface area contributed by atoms with Gasteiger partial charge < -0.3 is 15.4 Å². The topological polar surface area (TPSA) is 76.9 Å². The van der Waals surface area contributed by atoms with Crippen molar-refractivity contribution in [1.82, 2.24) is 19.7 Å². The van der Waals surface area contributed by atoms with Gasteiger partial charge in [-0.3, -0.25) is 4.68 Å². The molecule has 0 saturated carbocycles. The fourth-order valence-corrected chi connectivity index (χ4v) is 3.73. The number of hydrogen-bond acceptors (Lipinski definition) is 6. The van der Waals surface area contributed by atoms with Gasteiger partial charge in [-0.1, -0.05) is 6.07 Å². The first-order valence-electron chi connectivity index (χ1n) is 9.30. The van der Waals surface area contributed by atoms with Gasteiger partial charge in [0.1, 0.15) is 11.4 Å². The number of ether oxygens (including phenoxy) is 1. The highest BCUT2D eigenvalue weighted by atomic mass is 19.4. The third-order valence-electron chi connectivity index (χ3n) is 5.17. The first kappa shape index (κ1) is 19.4. The van der Waals surface area contributed by atoms with Crippen molar-refractivity contribution in [3.63, 3.8) is 0 Å². The van der Waals surface area contributed by atoms with Crippen molar-refractivity contribution >= 4 is 28.4 Å². The smallest absolute Gasteiger partial charge is 0.381 e. The summed E-state index contributed by atoms with van der Waals surface area (Å²) < 4.78 is 46.5. The summed E-state index contributed by atoms with van der Waals surface area (Å²) >= 11 is 0. The molecule has 1 fully saturated rings. The average Bonchev–Trinajstić information content (AvgIpc) is 3.10. The van der Waals surface area contributed by atoms with Gasteiger partial charge in [0.2, 0.25) is 5.95 Å². The lowest BCUT2D eigenvalue weighted by molar-refractivity contribution is -0.137. The van der Waals surface area contributed by atoms with Crippen LogP contribution < -0.4 is 10.6 Å². The van der Waals surface area contributed by atoms with Crippen LogP contribution in [0, 0.1) is 0 Å². The van der Waals surface area contributed by atoms with E-state index in [9.17, 15) is 13.2 Å². The van der Waals surface area contributed by atoms with Crippen LogP contribution in [0.4, 0.5) is 30.6 Å². The van der Waals surface area contributed by atoms with Crippen molar-refractivity contribution in [2.45, 2.75) is 24.9 Å². The van der Waals surface area contributed by atoms with Gasteiger partial charge in [-0.2, -0.15) is 23.3 Å². The second-order valence-corrected chi connectivity index (χ2v) is 6.95. The summed E-state index contributed by atoms with van der Waals surface area (Å²) in [5, 5.41) is 10.8. The summed E-state index contributed by atoms with van der Waals surface area (Å²) in [6.45, 7) is 1.46. The number of rotatable bonds is 4. The van der Waals surface area contributed by atoms with E-state index in [1.807, 2.05) is 23.9 Å². The molecule has 0 aliphatic carbocycles. The van der Waals surface area contributed by atoms with Gasteiger partial charge in [-0.05, 0) is 30.4 Å². The van der Waals surface area contributed by atoms with Crippen LogP contribution in [0.2, 0.25) is 0 Å². The number of aromatic nitrogens is 4. The van der Waals surface area contributed by atoms with Crippen LogP contribution in [0.25, 0.3) is 10.9 Å². The standard InChI is InChI=1S/C19H21F3N6O/c1-23-17-14(19(20,21)22)10-24-18(27-17)26-15-4-3-12(11-5-7-29-8-6-11)16-13(15)9-25-28(16)2/h3-4,9-11H,5-8H2,1-2H3,(H2,23,24,26,27). The van der Waals surface area contributed by atoms with Crippen molar-refractivity contribution < 1.29 is 17.9 Å². The van der Waals surface area contributed by atoms with E-state index in [0.29, 0.717) is 11.6 Å². The number of hydrogen-bond donors (Lipinski definition) is 2. The molecule has 29 heavy (non-hydrogen) atoms. The largest absolute Gasteiger partial charge is 0.421 e. The van der Waals surface area contributed by atoms with E-state index in [1.54, 1.807) is 6.20 Å². The van der Waals surface area contributed by atoms with Crippen molar-refractivity contribution in [3.05, 3.63) is 35.7 Å². The average molecular weight is 406 g/mol. The van der Waals surface area contributed by atoms with Crippen molar-refractivity contribution in [2.75, 3.05) is 30.9 Å². The number of fused-ring (bicyclic) bond motifs is 1. The first-order valence-corrected chi connectivity index (χ1v) is 9.30. The molecule has 7 nitrogen and oxygen atoms in total. The summed E-state index contributed by atoms with van der Waals surface area (Å²) in [5.74, 6) is 0.177. The van der Waals surface area contributed by atoms with E-state index in [0.717, 1.165) is 43.2 Å². The fourth-order valence-electron chi connectivity index (χ4n) is 3.73. The molecule has 0 unspecified atom stereocenters. The highest BCUT2D eigenvalue weighted by Gasteiger charge is 2.35. The summed E-state index contributed by atoms with van der Waals surface area (Å²) in [6, 6.07) is 3.93. The Kier molecular flexibility index (Phi) is 5.03. The highest BCUT2D eigenvalue weighted by molar-refractivity contribution is 5.95. The van der Waals surface area contributed by atoms with E-state index in [4.69, 9.17) is 4.74 Å². The maximum absolute atomic E-state index is 13.1. The molecule has 4 rings (SSSR count). The molecule has 0 atom stereocenters. The Balaban J connectivity index is 1.71. The molecule has 2 N–H and O–H groups in total. The van der Waals surface area contributed by atoms with Crippen LogP contribution in [0.5, 0.6) is 0 Å². The lowest BCUT2D eigenvalue weighted by Crippen LogP contribution is -2.15. The number of aryl methyl sites for hydroxylation is 1. The molecule has 154 valence electrons. The maximum Gasteiger partial charge on any atom is 0.421 e. The van der Waals surface area contributed by atoms with Crippen LogP contribution in [0.1, 0.15) is 29.9 Å². The number of halogens is 3. The number of alkyl halides is 3. The summed E-state index contributed by atoms with van der Waals surface area (Å²) in [7, 11) is 3.27. The first-order chi connectivity index (χ1) is 13.9. The fraction of sp³-hybridized carbons (Fsp3) is 0.421. The molecule has 0 bridgehead atoms. The van der Waals surface area contributed by atoms with Gasteiger partial charge in [-0.25, -0.2) is 4.98 Å². The molecule has 0 radical (unpaired) electrons. The van der Waals surface area contributed by atoms with Crippen LogP contribution in [0.3, 0.4) is 0 Å². The molecule has 0 spiro atoms. The predicted molar refractivity (Wildman–Crippen MR) is 103 cm³/mol. The summed E-state index contributed by atoms with van der Waals surface area (Å²) in [6.07, 6.45) is -0.123. The van der Waals surface area contributed by atoms with Gasteiger partial charge in [0.15, 0.2) is 0 Å². The monoisotopic (exact) mass is 406 g/mol. The molecule has 1 aromatic carbocycles. The van der Waals surface area contributed by atoms with E-state index >= 15 is 0 Å². The highest BCUT2D eigenvalue weighted by Crippen LogP contribution is 2.37. The zero-order chi connectivity index (χ0) is 20.6. The number of nitrogens with one attached hydrogen (secondary N) is 2. The lowest BCUT2D eigenvalue weighted by atomic mass is 9.90. The van der Waals surface area contributed by atoms with E-state index < -0.39 is 11.7 Å². The third-order valence-corrected chi connectivity index (χ3v) is 5.17. The summed E-state index contributed by atoms with van der Waals surface area (Å²) in [4.78, 5) is 7.83. The van der Waals surface area contributed by atoms with Crippen LogP contribution in [-0.2, 0) is 18.0 Å². The summed E-state index contributed by atoms with van der Waals surface area (Å²) in [5.41, 5.74) is 1.96. The van der Waals surface area contributed by atoms with Crippen LogP contribution in [0.15, 0.2) is 24.5 Å². The molecule has 10 heteroatoms. The maximum atomic E-state index is 13.1. The van der Waals surface area contributed by atoms with Crippen LogP contribution in [-0.4, -0.2) is 40.0 Å². The van der Waals surface area contributed by atoms with E-state index in [-0.39, 0.29) is 11.8 Å². The molecule has 2 aromatic heterocycles. The Labute approximate surface area is 165 Å². The second-order valence-electron chi connectivity index (χ2n) is 6.95. The molecule has 1 saturated heterocycles. The van der Waals surface area contributed by atoms with Crippen molar-refractivity contribution in [3.8, 4) is 0 Å². The van der Waals surface area contributed by atoms with E-state index in [2.05, 4.69) is 25.7 Å². The zero-order valence-electron chi connectivity index (χ0n) is 16.0. The zero-order valence-corrected chi connectivity index (χ0v) is 16.0. The number of benzene rings is 1. The SMILES string of the molecule is CNc1nc(Nc2ccc(C3CCOCC3)c3c2cnn3C)ncc1C(F)(F)F. The minimum absolute atomic E-state index is 0.0753. The molecule has 0 amide bonds. The number of nitrogens with zero attached hydrogens (tertiary/aromatic N) is 4. The Morgan fingerprint density at radius 1 is 1.17 bits per heavy atom. The van der Waals surface area contributed by atoms with Gasteiger partial charge >= 0.3 is 6.18 Å². The minimum Gasteiger partial charge on any atom is -0.381 e. The Morgan fingerprint density at radius 2 is 1.93 bits per heavy atom. The van der Waals surface area contributed by atoms with Gasteiger partial charge in [0, 0.05) is 38.9 Å². The van der Waals surface area contributed by atoms with Crippen LogP contribution >= 0.6 is 0 Å². The Hall–Kier alpha value is -2.88. The van der Waals surface area contributed by atoms with Crippen molar-refractivity contribution in [2.24, 2.45) is 7.05 Å². The number of anilines is 3. The molecule has 3 heterocycles. The quantitative estimate of drug-likeness (QED) is 0.681. The molecule has 1 aliphatic rings. The van der Waals surface area contributed by atoms with Gasteiger partial charge in [0.05, 0.1) is 17.4 Å². The van der Waals surface area contributed by atoms with E-state index in [1.165, 1.54) is 12.6 Å². The van der Waals surface area contributed by atoms with Gasteiger partial charge in [-0.15, -0.1) is 0 Å². The molecular weight excluding hydrogens is 385 g/mol.